The number of hydrogen-bond donors (Lipinski definition) is 4. The van der Waals surface area contributed by atoms with Crippen molar-refractivity contribution in [3.63, 3.8) is 0 Å². The fourth-order valence-electron chi connectivity index (χ4n) is 9.28. The van der Waals surface area contributed by atoms with Crippen LogP contribution in [0.5, 0.6) is 11.6 Å². The van der Waals surface area contributed by atoms with Gasteiger partial charge in [0.25, 0.3) is 5.88 Å². The normalized spacial score (nSPS) is 22.3. The SMILES string of the molecule is Cc1ncsc1-c1ccc([C@H](C)NC(=O)[C@@H]2C[C@@H](O)CN2C(=O)[C@@H](c2cc(OCCCN3C[C@@H]4[C@H](C3)[C@H]4c3cc4cc(-c5ccccc5O)nnc4[nH]3)no2)C(C)C)cc1. The van der Waals surface area contributed by atoms with Crippen LogP contribution in [0.3, 0.4) is 0 Å². The van der Waals surface area contributed by atoms with E-state index in [-0.39, 0.29) is 42.5 Å². The van der Waals surface area contributed by atoms with Gasteiger partial charge in [-0.25, -0.2) is 4.98 Å². The fourth-order valence-corrected chi connectivity index (χ4v) is 10.1. The van der Waals surface area contributed by atoms with Crippen molar-refractivity contribution in [3.8, 4) is 33.3 Å². The summed E-state index contributed by atoms with van der Waals surface area (Å²) < 4.78 is 11.7. The summed E-state index contributed by atoms with van der Waals surface area (Å²) >= 11 is 1.59. The van der Waals surface area contributed by atoms with Crippen molar-refractivity contribution in [3.05, 3.63) is 95.0 Å². The van der Waals surface area contributed by atoms with Crippen molar-refractivity contribution in [2.24, 2.45) is 17.8 Å². The Morgan fingerprint density at radius 2 is 1.82 bits per heavy atom. The number of aromatic amines is 1. The molecule has 3 fully saturated rings. The van der Waals surface area contributed by atoms with Crippen LogP contribution in [0.4, 0.5) is 0 Å². The van der Waals surface area contributed by atoms with Crippen LogP contribution in [-0.2, 0) is 9.59 Å². The summed E-state index contributed by atoms with van der Waals surface area (Å²) in [5.41, 5.74) is 8.09. The third kappa shape index (κ3) is 7.88. The Labute approximate surface area is 352 Å². The van der Waals surface area contributed by atoms with Crippen molar-refractivity contribution in [1.29, 1.82) is 0 Å². The second-order valence-corrected chi connectivity index (χ2v) is 17.7. The summed E-state index contributed by atoms with van der Waals surface area (Å²) in [4.78, 5) is 40.7. The molecule has 2 saturated heterocycles. The predicted molar refractivity (Wildman–Crippen MR) is 226 cm³/mol. The lowest BCUT2D eigenvalue weighted by Crippen LogP contribution is -2.48. The Kier molecular flexibility index (Phi) is 10.9. The maximum atomic E-state index is 14.1. The summed E-state index contributed by atoms with van der Waals surface area (Å²) in [5.74, 6) is 1.08. The first kappa shape index (κ1) is 39.8. The van der Waals surface area contributed by atoms with Gasteiger partial charge in [0.2, 0.25) is 11.8 Å². The van der Waals surface area contributed by atoms with Gasteiger partial charge in [-0.05, 0) is 78.6 Å². The maximum absolute atomic E-state index is 14.1. The number of rotatable bonds is 14. The molecule has 1 saturated carbocycles. The van der Waals surface area contributed by atoms with E-state index < -0.39 is 18.1 Å². The van der Waals surface area contributed by atoms with Gasteiger partial charge in [-0.1, -0.05) is 50.2 Å². The standard InChI is InChI=1S/C45H50N8O6S/c1-24(2)40(45(57)53-20-30(54)18-36(53)44(56)47-25(3)27-10-12-28(13-11-27)42-26(4)46-23-60-42)38-19-39(51-59-38)58-15-7-14-52-21-32-33(22-52)41(32)35-17-29-16-34(49-50-43(29)48-35)31-8-5-6-9-37(31)55/h5-6,8-13,16-17,19,23-25,30,32-33,36,40-41,54-55H,7,14-15,18,20-22H2,1-4H3,(H,47,56)(H,48,50)/t25-,30+,32-,33+,36-,40+,41+/m0/s1. The van der Waals surface area contributed by atoms with Crippen molar-refractivity contribution < 1.29 is 29.1 Å². The number of hydrogen-bond acceptors (Lipinski definition) is 12. The number of aromatic nitrogens is 5. The van der Waals surface area contributed by atoms with Gasteiger partial charge in [0.05, 0.1) is 40.5 Å². The maximum Gasteiger partial charge on any atom is 0.254 e. The number of aliphatic hydroxyl groups is 1. The van der Waals surface area contributed by atoms with Crippen LogP contribution in [0.2, 0.25) is 0 Å². The molecule has 9 rings (SSSR count). The van der Waals surface area contributed by atoms with Crippen molar-refractivity contribution in [1.82, 2.24) is 40.4 Å². The number of carbonyl (C=O) groups is 2. The average molecular weight is 831 g/mol. The summed E-state index contributed by atoms with van der Waals surface area (Å²) in [7, 11) is 0. The molecular weight excluding hydrogens is 781 g/mol. The first-order chi connectivity index (χ1) is 29.0. The summed E-state index contributed by atoms with van der Waals surface area (Å²) in [6, 6.07) is 19.9. The molecule has 60 heavy (non-hydrogen) atoms. The molecule has 4 aromatic heterocycles. The van der Waals surface area contributed by atoms with Gasteiger partial charge in [0.15, 0.2) is 11.4 Å². The molecule has 0 radical (unpaired) electrons. The summed E-state index contributed by atoms with van der Waals surface area (Å²) in [5, 5.41) is 37.9. The topological polar surface area (TPSA) is 183 Å². The zero-order chi connectivity index (χ0) is 41.7. The van der Waals surface area contributed by atoms with Gasteiger partial charge in [0.1, 0.15) is 17.7 Å². The summed E-state index contributed by atoms with van der Waals surface area (Å²) in [6.45, 7) is 11.2. The number of likely N-dealkylation sites (tertiary alicyclic amines) is 2. The number of nitrogens with zero attached hydrogens (tertiary/aromatic N) is 6. The number of phenolic OH excluding ortho intramolecular Hbond substituents is 1. The minimum Gasteiger partial charge on any atom is -0.507 e. The Hall–Kier alpha value is -5.64. The van der Waals surface area contributed by atoms with Crippen LogP contribution in [0.25, 0.3) is 32.7 Å². The highest BCUT2D eigenvalue weighted by Crippen LogP contribution is 2.58. The molecule has 0 bridgehead atoms. The molecule has 15 heteroatoms. The van der Waals surface area contributed by atoms with Gasteiger partial charge in [-0.3, -0.25) is 9.59 Å². The van der Waals surface area contributed by atoms with Crippen LogP contribution < -0.4 is 10.1 Å². The molecule has 6 heterocycles. The summed E-state index contributed by atoms with van der Waals surface area (Å²) in [6.07, 6.45) is 0.154. The third-order valence-corrected chi connectivity index (χ3v) is 13.4. The second-order valence-electron chi connectivity index (χ2n) is 16.9. The molecule has 0 spiro atoms. The predicted octanol–water partition coefficient (Wildman–Crippen LogP) is 6.44. The monoisotopic (exact) mass is 830 g/mol. The Morgan fingerprint density at radius 1 is 1.03 bits per heavy atom. The molecular formula is C45H50N8O6S. The highest BCUT2D eigenvalue weighted by molar-refractivity contribution is 7.13. The van der Waals surface area contributed by atoms with E-state index in [1.54, 1.807) is 29.5 Å². The van der Waals surface area contributed by atoms with Gasteiger partial charge in [-0.15, -0.1) is 21.5 Å². The zero-order valence-corrected chi connectivity index (χ0v) is 34.9. The number of aliphatic hydroxyl groups excluding tert-OH is 1. The van der Waals surface area contributed by atoms with Crippen LogP contribution in [0.1, 0.15) is 74.2 Å². The molecule has 7 atom stereocenters. The lowest BCUT2D eigenvalue weighted by Gasteiger charge is -2.29. The van der Waals surface area contributed by atoms with Crippen molar-refractivity contribution >= 4 is 34.2 Å². The number of aryl methyl sites for hydroxylation is 1. The molecule has 1 aliphatic carbocycles. The highest BCUT2D eigenvalue weighted by atomic mass is 32.1. The third-order valence-electron chi connectivity index (χ3n) is 12.5. The Bertz CT molecular complexity index is 2490. The van der Waals surface area contributed by atoms with E-state index in [1.165, 1.54) is 10.6 Å². The molecule has 2 aliphatic heterocycles. The molecule has 312 valence electrons. The number of carbonyl (C=O) groups excluding carboxylic acids is 2. The molecule has 6 aromatic rings. The number of fused-ring (bicyclic) bond motifs is 2. The van der Waals surface area contributed by atoms with Gasteiger partial charge in [0, 0.05) is 61.2 Å². The smallest absolute Gasteiger partial charge is 0.254 e. The number of para-hydroxylation sites is 1. The lowest BCUT2D eigenvalue weighted by molar-refractivity contribution is -0.141. The number of β-amino-alcohol motifs (C(OH)–C–C–N with tert-alkyl or cyclic N) is 1. The Morgan fingerprint density at radius 3 is 2.55 bits per heavy atom. The van der Waals surface area contributed by atoms with E-state index in [0.29, 0.717) is 47.3 Å². The zero-order valence-electron chi connectivity index (χ0n) is 34.1. The highest BCUT2D eigenvalue weighted by Gasteiger charge is 2.56. The van der Waals surface area contributed by atoms with Crippen LogP contribution >= 0.6 is 11.3 Å². The molecule has 3 aliphatic rings. The average Bonchev–Trinajstić information content (AvgIpc) is 3.93. The minimum atomic E-state index is -0.818. The molecule has 4 N–H and O–H groups in total. The molecule has 0 unspecified atom stereocenters. The number of aromatic hydroxyl groups is 1. The number of nitrogens with one attached hydrogen (secondary N) is 2. The van der Waals surface area contributed by atoms with Crippen LogP contribution in [0, 0.1) is 24.7 Å². The van der Waals surface area contributed by atoms with E-state index in [9.17, 15) is 19.8 Å². The Balaban J connectivity index is 0.751. The number of thiazole rings is 1. The van der Waals surface area contributed by atoms with Gasteiger partial charge in [-0.2, -0.15) is 0 Å². The number of H-pyrrole nitrogens is 1. The van der Waals surface area contributed by atoms with E-state index in [1.807, 2.05) is 75.7 Å². The van der Waals surface area contributed by atoms with E-state index in [2.05, 4.69) is 41.6 Å². The largest absolute Gasteiger partial charge is 0.507 e. The van der Waals surface area contributed by atoms with E-state index in [4.69, 9.17) is 9.26 Å². The van der Waals surface area contributed by atoms with E-state index >= 15 is 0 Å². The van der Waals surface area contributed by atoms with E-state index in [0.717, 1.165) is 58.8 Å². The lowest BCUT2D eigenvalue weighted by atomic mass is 9.91. The number of piperidine rings is 1. The van der Waals surface area contributed by atoms with Gasteiger partial charge >= 0.3 is 0 Å². The molecule has 2 amide bonds. The number of benzene rings is 2. The first-order valence-corrected chi connectivity index (χ1v) is 21.7. The fraction of sp³-hybridized carbons (Fsp3) is 0.422. The van der Waals surface area contributed by atoms with Crippen LogP contribution in [-0.4, -0.2) is 102 Å². The number of ether oxygens (including phenoxy) is 1. The molecule has 2 aromatic carbocycles. The van der Waals surface area contributed by atoms with Crippen molar-refractivity contribution in [2.45, 2.75) is 70.6 Å². The number of amides is 2. The molecule has 14 nitrogen and oxygen atoms in total. The van der Waals surface area contributed by atoms with Crippen molar-refractivity contribution in [2.75, 3.05) is 32.8 Å². The first-order valence-electron chi connectivity index (χ1n) is 20.8. The quantitative estimate of drug-likeness (QED) is 0.0887. The minimum absolute atomic E-state index is 0.0615. The number of phenols is 1. The van der Waals surface area contributed by atoms with Gasteiger partial charge < -0.3 is 39.6 Å². The van der Waals surface area contributed by atoms with Crippen LogP contribution in [0.15, 0.2) is 76.8 Å². The second kappa shape index (κ2) is 16.4.